The van der Waals surface area contributed by atoms with Crippen molar-refractivity contribution in [2.75, 3.05) is 13.1 Å². The molecular formula is C8H14NO. The number of hydrogen-bond acceptors (Lipinski definition) is 1. The summed E-state index contributed by atoms with van der Waals surface area (Å²) in [7, 11) is 0. The fraction of sp³-hybridized carbons (Fsp3) is 0.750. The molecular weight excluding hydrogens is 126 g/mol. The summed E-state index contributed by atoms with van der Waals surface area (Å²) in [5.74, 6) is 0.316. The Kier molecular flexibility index (Phi) is 2.72. The molecule has 0 N–H and O–H groups in total. The average molecular weight is 140 g/mol. The molecule has 57 valence electrons. The van der Waals surface area contributed by atoms with Gasteiger partial charge in [-0.2, -0.15) is 0 Å². The summed E-state index contributed by atoms with van der Waals surface area (Å²) in [5, 5.41) is 0. The number of likely N-dealkylation sites (tertiary alicyclic amines) is 1. The predicted octanol–water partition coefficient (Wildman–Crippen LogP) is 1.22. The lowest BCUT2D eigenvalue weighted by Crippen LogP contribution is -2.26. The second-order valence-corrected chi connectivity index (χ2v) is 2.67. The summed E-state index contributed by atoms with van der Waals surface area (Å²) in [6.07, 6.45) is 4.92. The molecule has 0 atom stereocenters. The van der Waals surface area contributed by atoms with Gasteiger partial charge in [-0.1, -0.05) is 6.92 Å². The number of carbonyl (C=O) groups is 1. The van der Waals surface area contributed by atoms with Gasteiger partial charge < -0.3 is 4.90 Å². The van der Waals surface area contributed by atoms with E-state index in [0.717, 1.165) is 25.9 Å². The van der Waals surface area contributed by atoms with E-state index in [1.165, 1.54) is 0 Å². The van der Waals surface area contributed by atoms with Gasteiger partial charge in [0.25, 0.3) is 0 Å². The van der Waals surface area contributed by atoms with Gasteiger partial charge in [0.15, 0.2) is 0 Å². The van der Waals surface area contributed by atoms with E-state index in [0.29, 0.717) is 12.3 Å². The monoisotopic (exact) mass is 140 g/mol. The van der Waals surface area contributed by atoms with Crippen LogP contribution >= 0.6 is 0 Å². The maximum absolute atomic E-state index is 11.2. The number of hydrogen-bond donors (Lipinski definition) is 0. The fourth-order valence-electron chi connectivity index (χ4n) is 1.18. The highest BCUT2D eigenvalue weighted by atomic mass is 16.2. The van der Waals surface area contributed by atoms with Crippen LogP contribution in [-0.2, 0) is 4.79 Å². The smallest absolute Gasteiger partial charge is 0.222 e. The van der Waals surface area contributed by atoms with E-state index >= 15 is 0 Å². The van der Waals surface area contributed by atoms with Crippen LogP contribution in [0.4, 0.5) is 0 Å². The molecule has 1 rings (SSSR count). The van der Waals surface area contributed by atoms with Crippen LogP contribution in [0.25, 0.3) is 0 Å². The topological polar surface area (TPSA) is 20.3 Å². The molecule has 1 fully saturated rings. The molecule has 2 heteroatoms. The van der Waals surface area contributed by atoms with Crippen molar-refractivity contribution in [3.8, 4) is 0 Å². The minimum absolute atomic E-state index is 0.316. The van der Waals surface area contributed by atoms with Crippen LogP contribution < -0.4 is 0 Å². The first-order chi connectivity index (χ1) is 4.84. The molecule has 1 saturated heterocycles. The molecule has 10 heavy (non-hydrogen) atoms. The van der Waals surface area contributed by atoms with Gasteiger partial charge in [-0.15, -0.1) is 0 Å². The zero-order valence-corrected chi connectivity index (χ0v) is 6.47. The van der Waals surface area contributed by atoms with Crippen LogP contribution in [0.5, 0.6) is 0 Å². The summed E-state index contributed by atoms with van der Waals surface area (Å²) in [6.45, 7) is 3.86. The molecule has 2 nitrogen and oxygen atoms in total. The van der Waals surface area contributed by atoms with Gasteiger partial charge >= 0.3 is 0 Å². The van der Waals surface area contributed by atoms with E-state index in [-0.39, 0.29) is 0 Å². The van der Waals surface area contributed by atoms with E-state index in [4.69, 9.17) is 0 Å². The third-order valence-corrected chi connectivity index (χ3v) is 1.77. The first kappa shape index (κ1) is 7.58. The molecule has 1 amide bonds. The standard InChI is InChI=1S/C8H14NO/c1-2-5-8(10)9-6-3-4-7-9/h3H,2,4-7H2,1H3. The van der Waals surface area contributed by atoms with Crippen molar-refractivity contribution in [3.05, 3.63) is 6.42 Å². The second-order valence-electron chi connectivity index (χ2n) is 2.67. The van der Waals surface area contributed by atoms with Crippen molar-refractivity contribution < 1.29 is 4.79 Å². The van der Waals surface area contributed by atoms with E-state index < -0.39 is 0 Å². The Hall–Kier alpha value is -0.530. The fourth-order valence-corrected chi connectivity index (χ4v) is 1.18. The minimum Gasteiger partial charge on any atom is -0.342 e. The van der Waals surface area contributed by atoms with Gasteiger partial charge in [0.05, 0.1) is 0 Å². The largest absolute Gasteiger partial charge is 0.342 e. The Bertz CT molecular complexity index is 116. The van der Waals surface area contributed by atoms with Crippen LogP contribution in [-0.4, -0.2) is 23.9 Å². The first-order valence-corrected chi connectivity index (χ1v) is 3.94. The predicted molar refractivity (Wildman–Crippen MR) is 40.4 cm³/mol. The highest BCUT2D eigenvalue weighted by molar-refractivity contribution is 5.76. The number of amides is 1. The summed E-state index contributed by atoms with van der Waals surface area (Å²) in [5.41, 5.74) is 0. The highest BCUT2D eigenvalue weighted by Crippen LogP contribution is 2.08. The summed E-state index contributed by atoms with van der Waals surface area (Å²) in [4.78, 5) is 13.1. The van der Waals surface area contributed by atoms with Gasteiger partial charge in [0.2, 0.25) is 5.91 Å². The lowest BCUT2D eigenvalue weighted by atomic mass is 10.3. The highest BCUT2D eigenvalue weighted by Gasteiger charge is 2.16. The maximum Gasteiger partial charge on any atom is 0.222 e. The van der Waals surface area contributed by atoms with Crippen LogP contribution in [0.1, 0.15) is 26.2 Å². The Morgan fingerprint density at radius 1 is 1.70 bits per heavy atom. The van der Waals surface area contributed by atoms with Crippen LogP contribution in [0.2, 0.25) is 0 Å². The third-order valence-electron chi connectivity index (χ3n) is 1.77. The lowest BCUT2D eigenvalue weighted by Gasteiger charge is -2.13. The average Bonchev–Trinajstić information content (AvgIpc) is 2.38. The van der Waals surface area contributed by atoms with Gasteiger partial charge in [0.1, 0.15) is 0 Å². The van der Waals surface area contributed by atoms with Crippen LogP contribution in [0, 0.1) is 6.42 Å². The van der Waals surface area contributed by atoms with Crippen molar-refractivity contribution in [3.63, 3.8) is 0 Å². The van der Waals surface area contributed by atoms with Crippen molar-refractivity contribution in [2.24, 2.45) is 0 Å². The van der Waals surface area contributed by atoms with Crippen LogP contribution in [0.15, 0.2) is 0 Å². The molecule has 1 aliphatic heterocycles. The molecule has 1 radical (unpaired) electrons. The summed E-state index contributed by atoms with van der Waals surface area (Å²) >= 11 is 0. The quantitative estimate of drug-likeness (QED) is 0.564. The summed E-state index contributed by atoms with van der Waals surface area (Å²) in [6, 6.07) is 0. The van der Waals surface area contributed by atoms with Crippen LogP contribution in [0.3, 0.4) is 0 Å². The Labute approximate surface area is 62.2 Å². The number of rotatable bonds is 2. The Balaban J connectivity index is 2.25. The third kappa shape index (κ3) is 1.72. The zero-order chi connectivity index (χ0) is 7.40. The maximum atomic E-state index is 11.2. The van der Waals surface area contributed by atoms with E-state index in [2.05, 4.69) is 6.42 Å². The van der Waals surface area contributed by atoms with E-state index in [1.54, 1.807) is 0 Å². The molecule has 0 aromatic carbocycles. The minimum atomic E-state index is 0.316. The number of nitrogens with zero attached hydrogens (tertiary/aromatic N) is 1. The van der Waals surface area contributed by atoms with Gasteiger partial charge in [-0.05, 0) is 19.3 Å². The van der Waals surface area contributed by atoms with Crippen molar-refractivity contribution >= 4 is 5.91 Å². The SMILES string of the molecule is CCCC(=O)N1C[CH]CC1. The number of carbonyl (C=O) groups excluding carboxylic acids is 1. The second kappa shape index (κ2) is 3.59. The van der Waals surface area contributed by atoms with Crippen molar-refractivity contribution in [1.82, 2.24) is 4.90 Å². The Morgan fingerprint density at radius 3 is 3.00 bits per heavy atom. The van der Waals surface area contributed by atoms with Gasteiger partial charge in [-0.3, -0.25) is 4.79 Å². The van der Waals surface area contributed by atoms with Crippen molar-refractivity contribution in [1.29, 1.82) is 0 Å². The molecule has 0 aliphatic carbocycles. The first-order valence-electron chi connectivity index (χ1n) is 3.94. The zero-order valence-electron chi connectivity index (χ0n) is 6.47. The molecule has 1 aliphatic rings. The van der Waals surface area contributed by atoms with E-state index in [9.17, 15) is 4.79 Å². The normalized spacial score (nSPS) is 17.9. The molecule has 0 saturated carbocycles. The molecule has 0 spiro atoms. The van der Waals surface area contributed by atoms with Gasteiger partial charge in [0, 0.05) is 19.5 Å². The molecule has 0 unspecified atom stereocenters. The molecule has 0 aromatic heterocycles. The van der Waals surface area contributed by atoms with Gasteiger partial charge in [-0.25, -0.2) is 0 Å². The molecule has 1 heterocycles. The summed E-state index contributed by atoms with van der Waals surface area (Å²) < 4.78 is 0. The lowest BCUT2D eigenvalue weighted by molar-refractivity contribution is -0.130. The molecule has 0 bridgehead atoms. The Morgan fingerprint density at radius 2 is 2.50 bits per heavy atom. The van der Waals surface area contributed by atoms with Crippen molar-refractivity contribution in [2.45, 2.75) is 26.2 Å². The molecule has 0 aromatic rings. The van der Waals surface area contributed by atoms with E-state index in [1.807, 2.05) is 11.8 Å².